The van der Waals surface area contributed by atoms with Gasteiger partial charge in [-0.25, -0.2) is 4.79 Å². The molecule has 0 spiro atoms. The lowest BCUT2D eigenvalue weighted by Gasteiger charge is -2.05. The lowest BCUT2D eigenvalue weighted by atomic mass is 10.1. The van der Waals surface area contributed by atoms with Crippen molar-refractivity contribution >= 4 is 41.2 Å². The second-order valence-corrected chi connectivity index (χ2v) is 6.04. The summed E-state index contributed by atoms with van der Waals surface area (Å²) in [5.74, 6) is -0.966. The maximum absolute atomic E-state index is 11.7. The highest BCUT2D eigenvalue weighted by Gasteiger charge is 2.05. The van der Waals surface area contributed by atoms with Gasteiger partial charge in [0, 0.05) is 22.7 Å². The molecule has 0 atom stereocenters. The average molecular weight is 378 g/mol. The van der Waals surface area contributed by atoms with Crippen molar-refractivity contribution in [3.8, 4) is 0 Å². The zero-order valence-electron chi connectivity index (χ0n) is 13.4. The number of esters is 1. The molecule has 0 heterocycles. The van der Waals surface area contributed by atoms with Crippen LogP contribution in [0.5, 0.6) is 0 Å². The zero-order valence-corrected chi connectivity index (χ0v) is 14.9. The highest BCUT2D eigenvalue weighted by molar-refractivity contribution is 6.35. The molecule has 2 aromatic rings. The minimum absolute atomic E-state index is 0.327. The Balaban J connectivity index is 1.70. The molecule has 4 nitrogen and oxygen atoms in total. The van der Waals surface area contributed by atoms with Crippen molar-refractivity contribution in [2.75, 3.05) is 13.2 Å². The number of benzene rings is 2. The van der Waals surface area contributed by atoms with Crippen LogP contribution in [0.4, 0.5) is 0 Å². The molecule has 2 rings (SSSR count). The van der Waals surface area contributed by atoms with Gasteiger partial charge in [-0.15, -0.1) is 0 Å². The molecule has 1 amide bonds. The van der Waals surface area contributed by atoms with E-state index in [0.717, 1.165) is 12.0 Å². The van der Waals surface area contributed by atoms with Crippen LogP contribution in [0.15, 0.2) is 54.6 Å². The summed E-state index contributed by atoms with van der Waals surface area (Å²) in [7, 11) is 0. The number of hydrogen-bond donors (Lipinski definition) is 1. The van der Waals surface area contributed by atoms with Gasteiger partial charge in [0.05, 0.1) is 0 Å². The third-order valence-corrected chi connectivity index (χ3v) is 3.85. The van der Waals surface area contributed by atoms with Gasteiger partial charge in [0.25, 0.3) is 5.91 Å². The molecule has 0 aliphatic heterocycles. The van der Waals surface area contributed by atoms with E-state index in [1.54, 1.807) is 18.2 Å². The van der Waals surface area contributed by atoms with Crippen molar-refractivity contribution in [2.45, 2.75) is 6.42 Å². The average Bonchev–Trinajstić information content (AvgIpc) is 2.60. The van der Waals surface area contributed by atoms with Crippen molar-refractivity contribution in [1.82, 2.24) is 5.32 Å². The number of ether oxygens (including phenoxy) is 1. The molecule has 0 aromatic heterocycles. The molecule has 0 fully saturated rings. The van der Waals surface area contributed by atoms with E-state index in [-0.39, 0.29) is 12.5 Å². The largest absolute Gasteiger partial charge is 0.452 e. The van der Waals surface area contributed by atoms with Crippen LogP contribution in [0.1, 0.15) is 11.1 Å². The number of amides is 1. The first-order valence-corrected chi connectivity index (χ1v) is 8.41. The van der Waals surface area contributed by atoms with E-state index in [0.29, 0.717) is 22.2 Å². The molecule has 2 aromatic carbocycles. The summed E-state index contributed by atoms with van der Waals surface area (Å²) >= 11 is 11.8. The Kier molecular flexibility index (Phi) is 7.51. The molecule has 0 bridgehead atoms. The van der Waals surface area contributed by atoms with Crippen molar-refractivity contribution in [2.24, 2.45) is 0 Å². The Hall–Kier alpha value is -2.30. The second-order valence-electron chi connectivity index (χ2n) is 5.19. The predicted octanol–water partition coefficient (Wildman–Crippen LogP) is 3.91. The topological polar surface area (TPSA) is 55.4 Å². The van der Waals surface area contributed by atoms with E-state index in [1.807, 2.05) is 30.3 Å². The molecule has 25 heavy (non-hydrogen) atoms. The normalized spacial score (nSPS) is 10.6. The number of rotatable bonds is 7. The van der Waals surface area contributed by atoms with Crippen LogP contribution in [0, 0.1) is 0 Å². The maximum atomic E-state index is 11.7. The number of halogens is 2. The number of nitrogens with one attached hydrogen (secondary N) is 1. The van der Waals surface area contributed by atoms with E-state index >= 15 is 0 Å². The molecule has 1 N–H and O–H groups in total. The summed E-state index contributed by atoms with van der Waals surface area (Å²) in [6.45, 7) is 0.156. The van der Waals surface area contributed by atoms with Gasteiger partial charge in [-0.3, -0.25) is 4.79 Å². The monoisotopic (exact) mass is 377 g/mol. The SMILES string of the molecule is O=C(COC(=O)/C=C/c1ccc(Cl)cc1Cl)NCCc1ccccc1. The van der Waals surface area contributed by atoms with E-state index in [4.69, 9.17) is 27.9 Å². The summed E-state index contributed by atoms with van der Waals surface area (Å²) in [5, 5.41) is 3.64. The van der Waals surface area contributed by atoms with Crippen LogP contribution in [0.25, 0.3) is 6.08 Å². The lowest BCUT2D eigenvalue weighted by Crippen LogP contribution is -2.30. The van der Waals surface area contributed by atoms with Gasteiger partial charge >= 0.3 is 5.97 Å². The fourth-order valence-electron chi connectivity index (χ4n) is 2.02. The van der Waals surface area contributed by atoms with Crippen LogP contribution in [-0.4, -0.2) is 25.0 Å². The van der Waals surface area contributed by atoms with Gasteiger partial charge in [0.15, 0.2) is 6.61 Å². The Morgan fingerprint density at radius 2 is 1.84 bits per heavy atom. The molecular weight excluding hydrogens is 361 g/mol. The van der Waals surface area contributed by atoms with Gasteiger partial charge in [-0.05, 0) is 35.8 Å². The van der Waals surface area contributed by atoms with E-state index in [2.05, 4.69) is 5.32 Å². The van der Waals surface area contributed by atoms with Crippen LogP contribution in [0.2, 0.25) is 10.0 Å². The molecule has 0 unspecified atom stereocenters. The van der Waals surface area contributed by atoms with Gasteiger partial charge < -0.3 is 10.1 Å². The number of carbonyl (C=O) groups is 2. The van der Waals surface area contributed by atoms with Crippen LogP contribution >= 0.6 is 23.2 Å². The Bertz CT molecular complexity index is 761. The lowest BCUT2D eigenvalue weighted by molar-refractivity contribution is -0.143. The van der Waals surface area contributed by atoms with Crippen LogP contribution in [0.3, 0.4) is 0 Å². The fraction of sp³-hybridized carbons (Fsp3) is 0.158. The second kappa shape index (κ2) is 9.87. The quantitative estimate of drug-likeness (QED) is 0.587. The summed E-state index contributed by atoms with van der Waals surface area (Å²) in [6, 6.07) is 14.7. The van der Waals surface area contributed by atoms with Gasteiger partial charge in [0.2, 0.25) is 0 Å². The predicted molar refractivity (Wildman–Crippen MR) is 99.6 cm³/mol. The molecule has 0 radical (unpaired) electrons. The van der Waals surface area contributed by atoms with Crippen molar-refractivity contribution in [3.05, 3.63) is 75.8 Å². The van der Waals surface area contributed by atoms with Crippen LogP contribution in [-0.2, 0) is 20.7 Å². The molecule has 130 valence electrons. The molecule has 0 aliphatic carbocycles. The van der Waals surface area contributed by atoms with Crippen LogP contribution < -0.4 is 5.32 Å². The minimum atomic E-state index is -0.621. The molecule has 0 aliphatic rings. The highest BCUT2D eigenvalue weighted by atomic mass is 35.5. The standard InChI is InChI=1S/C19H17Cl2NO3/c20-16-8-6-15(17(21)12-16)7-9-19(24)25-13-18(23)22-11-10-14-4-2-1-3-5-14/h1-9,12H,10-11,13H2,(H,22,23)/b9-7+. The van der Waals surface area contributed by atoms with Gasteiger partial charge in [-0.1, -0.05) is 59.6 Å². The first-order valence-electron chi connectivity index (χ1n) is 7.65. The zero-order chi connectivity index (χ0) is 18.1. The third-order valence-electron chi connectivity index (χ3n) is 3.29. The van der Waals surface area contributed by atoms with Crippen molar-refractivity contribution < 1.29 is 14.3 Å². The Labute approximate surface area is 156 Å². The highest BCUT2D eigenvalue weighted by Crippen LogP contribution is 2.21. The summed E-state index contributed by atoms with van der Waals surface area (Å²) in [6.07, 6.45) is 3.44. The van der Waals surface area contributed by atoms with E-state index in [9.17, 15) is 9.59 Å². The Morgan fingerprint density at radius 3 is 2.56 bits per heavy atom. The first kappa shape index (κ1) is 19.0. The maximum Gasteiger partial charge on any atom is 0.331 e. The summed E-state index contributed by atoms with van der Waals surface area (Å²) < 4.78 is 4.88. The van der Waals surface area contributed by atoms with E-state index in [1.165, 1.54) is 12.2 Å². The number of carbonyl (C=O) groups excluding carboxylic acids is 2. The molecule has 0 saturated carbocycles. The van der Waals surface area contributed by atoms with Gasteiger partial charge in [-0.2, -0.15) is 0 Å². The van der Waals surface area contributed by atoms with Crippen molar-refractivity contribution in [3.63, 3.8) is 0 Å². The Morgan fingerprint density at radius 1 is 1.08 bits per heavy atom. The van der Waals surface area contributed by atoms with E-state index < -0.39 is 5.97 Å². The van der Waals surface area contributed by atoms with Gasteiger partial charge in [0.1, 0.15) is 0 Å². The summed E-state index contributed by atoms with van der Waals surface area (Å²) in [5.41, 5.74) is 1.76. The molecule has 6 heteroatoms. The first-order chi connectivity index (χ1) is 12.0. The van der Waals surface area contributed by atoms with Crippen molar-refractivity contribution in [1.29, 1.82) is 0 Å². The summed E-state index contributed by atoms with van der Waals surface area (Å²) in [4.78, 5) is 23.3. The minimum Gasteiger partial charge on any atom is -0.452 e. The molecule has 0 saturated heterocycles. The third kappa shape index (κ3) is 6.99. The molecular formula is C19H17Cl2NO3. The smallest absolute Gasteiger partial charge is 0.331 e. The fourth-order valence-corrected chi connectivity index (χ4v) is 2.49. The number of hydrogen-bond acceptors (Lipinski definition) is 3.